The number of amides is 1. The molecule has 2 aromatic carbocycles. The monoisotopic (exact) mass is 414 g/mol. The molecule has 154 valence electrons. The summed E-state index contributed by atoms with van der Waals surface area (Å²) in [6, 6.07) is 10.7. The van der Waals surface area contributed by atoms with Crippen LogP contribution < -0.4 is 14.4 Å². The maximum Gasteiger partial charge on any atom is 0.240 e. The molecule has 1 N–H and O–H groups in total. The first-order valence-corrected chi connectivity index (χ1v) is 11.5. The van der Waals surface area contributed by atoms with Gasteiger partial charge in [0.1, 0.15) is 5.75 Å². The number of hydrogen-bond donors (Lipinski definition) is 1. The van der Waals surface area contributed by atoms with E-state index in [1.807, 2.05) is 0 Å². The molecule has 0 spiro atoms. The van der Waals surface area contributed by atoms with Crippen LogP contribution in [0.4, 0.5) is 5.69 Å². The number of rotatable bonds is 7. The number of benzene rings is 2. The fourth-order valence-corrected chi connectivity index (χ4v) is 5.20. The second-order valence-electron chi connectivity index (χ2n) is 7.58. The fourth-order valence-electron chi connectivity index (χ4n) is 4.17. The molecule has 1 aliphatic carbocycles. The highest BCUT2D eigenvalue weighted by Gasteiger charge is 2.22. The lowest BCUT2D eigenvalue weighted by Crippen LogP contribution is -2.26. The number of fused-ring (bicyclic) bond motifs is 1. The Morgan fingerprint density at radius 3 is 2.41 bits per heavy atom. The molecular weight excluding hydrogens is 388 g/mol. The normalized spacial score (nSPS) is 16.3. The van der Waals surface area contributed by atoms with Gasteiger partial charge in [-0.05, 0) is 79.1 Å². The average Bonchev–Trinajstić information content (AvgIpc) is 3.35. The highest BCUT2D eigenvalue weighted by molar-refractivity contribution is 7.89. The lowest BCUT2D eigenvalue weighted by atomic mass is 10.0. The van der Waals surface area contributed by atoms with E-state index in [1.165, 1.54) is 11.1 Å². The Kier molecular flexibility index (Phi) is 5.61. The van der Waals surface area contributed by atoms with Gasteiger partial charge in [0.2, 0.25) is 15.9 Å². The fraction of sp³-hybridized carbons (Fsp3) is 0.409. The summed E-state index contributed by atoms with van der Waals surface area (Å²) in [6.45, 7) is 0.982. The smallest absolute Gasteiger partial charge is 0.240 e. The van der Waals surface area contributed by atoms with Crippen molar-refractivity contribution in [1.29, 1.82) is 0 Å². The second-order valence-corrected chi connectivity index (χ2v) is 9.34. The molecule has 0 atom stereocenters. The summed E-state index contributed by atoms with van der Waals surface area (Å²) in [5.41, 5.74) is 4.45. The van der Waals surface area contributed by atoms with Crippen molar-refractivity contribution >= 4 is 21.6 Å². The van der Waals surface area contributed by atoms with E-state index >= 15 is 0 Å². The van der Waals surface area contributed by atoms with Crippen molar-refractivity contribution in [2.75, 3.05) is 25.1 Å². The largest absolute Gasteiger partial charge is 0.496 e. The van der Waals surface area contributed by atoms with Gasteiger partial charge in [0, 0.05) is 25.2 Å². The summed E-state index contributed by atoms with van der Waals surface area (Å²) in [5.74, 6) is 0.909. The summed E-state index contributed by atoms with van der Waals surface area (Å²) < 4.78 is 33.5. The second kappa shape index (κ2) is 8.16. The maximum absolute atomic E-state index is 12.6. The first kappa shape index (κ1) is 19.9. The van der Waals surface area contributed by atoms with Crippen molar-refractivity contribution in [1.82, 2.24) is 4.72 Å². The molecule has 1 saturated heterocycles. The van der Waals surface area contributed by atoms with Crippen LogP contribution in [0.2, 0.25) is 0 Å². The van der Waals surface area contributed by atoms with Gasteiger partial charge in [0.15, 0.2) is 0 Å². The molecule has 29 heavy (non-hydrogen) atoms. The van der Waals surface area contributed by atoms with Crippen LogP contribution in [0.3, 0.4) is 0 Å². The average molecular weight is 415 g/mol. The predicted octanol–water partition coefficient (Wildman–Crippen LogP) is 2.83. The van der Waals surface area contributed by atoms with Crippen molar-refractivity contribution in [2.45, 2.75) is 43.4 Å². The van der Waals surface area contributed by atoms with Gasteiger partial charge < -0.3 is 9.64 Å². The van der Waals surface area contributed by atoms with Crippen LogP contribution in [-0.4, -0.2) is 34.5 Å². The van der Waals surface area contributed by atoms with Crippen molar-refractivity contribution in [3.63, 3.8) is 0 Å². The van der Waals surface area contributed by atoms with Gasteiger partial charge >= 0.3 is 0 Å². The number of nitrogens with one attached hydrogen (secondary N) is 1. The third-order valence-corrected chi connectivity index (χ3v) is 7.19. The number of carbonyl (C=O) groups is 1. The third-order valence-electron chi connectivity index (χ3n) is 5.71. The van der Waals surface area contributed by atoms with Crippen LogP contribution in [0.15, 0.2) is 41.3 Å². The third kappa shape index (κ3) is 4.16. The SMILES string of the molecule is COc1cc2c(cc1CCNS(=O)(=O)c1ccc(N3CCCC3=O)cc1)CCC2. The van der Waals surface area contributed by atoms with Crippen molar-refractivity contribution < 1.29 is 17.9 Å². The van der Waals surface area contributed by atoms with Gasteiger partial charge in [-0.3, -0.25) is 4.79 Å². The van der Waals surface area contributed by atoms with E-state index in [9.17, 15) is 13.2 Å². The number of anilines is 1. The number of nitrogens with zero attached hydrogens (tertiary/aromatic N) is 1. The molecule has 2 aromatic rings. The molecule has 1 amide bonds. The molecule has 0 unspecified atom stereocenters. The van der Waals surface area contributed by atoms with E-state index in [4.69, 9.17) is 4.74 Å². The Bertz CT molecular complexity index is 1020. The number of hydrogen-bond acceptors (Lipinski definition) is 4. The molecule has 0 bridgehead atoms. The first-order chi connectivity index (χ1) is 14.0. The van der Waals surface area contributed by atoms with Crippen LogP contribution in [0.1, 0.15) is 36.0 Å². The first-order valence-electron chi connectivity index (χ1n) is 10.1. The van der Waals surface area contributed by atoms with E-state index in [0.29, 0.717) is 25.9 Å². The predicted molar refractivity (Wildman–Crippen MR) is 112 cm³/mol. The molecule has 0 saturated carbocycles. The number of ether oxygens (including phenoxy) is 1. The zero-order valence-electron chi connectivity index (χ0n) is 16.6. The maximum atomic E-state index is 12.6. The Balaban J connectivity index is 1.41. The van der Waals surface area contributed by atoms with Gasteiger partial charge in [0.05, 0.1) is 12.0 Å². The van der Waals surface area contributed by atoms with Crippen molar-refractivity contribution in [2.24, 2.45) is 0 Å². The van der Waals surface area contributed by atoms with E-state index in [0.717, 1.165) is 42.7 Å². The minimum absolute atomic E-state index is 0.0852. The molecule has 1 heterocycles. The highest BCUT2D eigenvalue weighted by atomic mass is 32.2. The van der Waals surface area contributed by atoms with Crippen LogP contribution >= 0.6 is 0 Å². The van der Waals surface area contributed by atoms with Crippen molar-refractivity contribution in [3.05, 3.63) is 53.1 Å². The van der Waals surface area contributed by atoms with E-state index in [1.54, 1.807) is 36.3 Å². The molecule has 7 heteroatoms. The van der Waals surface area contributed by atoms with Gasteiger partial charge in [-0.2, -0.15) is 0 Å². The summed E-state index contributed by atoms with van der Waals surface area (Å²) in [4.78, 5) is 13.7. The van der Waals surface area contributed by atoms with E-state index in [-0.39, 0.29) is 10.8 Å². The molecule has 6 nitrogen and oxygen atoms in total. The van der Waals surface area contributed by atoms with Crippen LogP contribution in [0.5, 0.6) is 5.75 Å². The Hall–Kier alpha value is -2.38. The number of sulfonamides is 1. The quantitative estimate of drug-likeness (QED) is 0.756. The summed E-state index contributed by atoms with van der Waals surface area (Å²) >= 11 is 0. The Morgan fingerprint density at radius 2 is 1.76 bits per heavy atom. The summed E-state index contributed by atoms with van der Waals surface area (Å²) in [5, 5.41) is 0. The molecule has 0 radical (unpaired) electrons. The van der Waals surface area contributed by atoms with Gasteiger partial charge in [-0.1, -0.05) is 6.07 Å². The molecule has 0 aromatic heterocycles. The minimum atomic E-state index is -3.61. The molecule has 2 aliphatic rings. The molecule has 4 rings (SSSR count). The molecule has 1 fully saturated rings. The Labute approximate surface area is 171 Å². The van der Waals surface area contributed by atoms with Gasteiger partial charge in [-0.15, -0.1) is 0 Å². The standard InChI is InChI=1S/C22H26N2O4S/c1-28-21-15-17-5-2-4-16(17)14-18(21)11-12-23-29(26,27)20-9-7-19(8-10-20)24-13-3-6-22(24)25/h7-10,14-15,23H,2-6,11-13H2,1H3. The molecular formula is C22H26N2O4S. The zero-order chi connectivity index (χ0) is 20.4. The molecule has 1 aliphatic heterocycles. The van der Waals surface area contributed by atoms with E-state index < -0.39 is 10.0 Å². The van der Waals surface area contributed by atoms with Gasteiger partial charge in [-0.25, -0.2) is 13.1 Å². The van der Waals surface area contributed by atoms with Crippen LogP contribution in [0, 0.1) is 0 Å². The summed E-state index contributed by atoms with van der Waals surface area (Å²) in [7, 11) is -1.96. The van der Waals surface area contributed by atoms with Crippen LogP contribution in [-0.2, 0) is 34.1 Å². The number of methoxy groups -OCH3 is 1. The van der Waals surface area contributed by atoms with Crippen molar-refractivity contribution in [3.8, 4) is 5.75 Å². The highest BCUT2D eigenvalue weighted by Crippen LogP contribution is 2.30. The zero-order valence-corrected chi connectivity index (χ0v) is 17.4. The number of aryl methyl sites for hydroxylation is 2. The lowest BCUT2D eigenvalue weighted by Gasteiger charge is -2.16. The topological polar surface area (TPSA) is 75.7 Å². The van der Waals surface area contributed by atoms with Gasteiger partial charge in [0.25, 0.3) is 0 Å². The Morgan fingerprint density at radius 1 is 1.03 bits per heavy atom. The van der Waals surface area contributed by atoms with E-state index in [2.05, 4.69) is 16.9 Å². The lowest BCUT2D eigenvalue weighted by molar-refractivity contribution is -0.117. The summed E-state index contributed by atoms with van der Waals surface area (Å²) in [6.07, 6.45) is 5.27. The minimum Gasteiger partial charge on any atom is -0.496 e. The number of carbonyl (C=O) groups excluding carboxylic acids is 1. The van der Waals surface area contributed by atoms with Crippen LogP contribution in [0.25, 0.3) is 0 Å².